The zero-order chi connectivity index (χ0) is 23.5. The van der Waals surface area contributed by atoms with Crippen molar-refractivity contribution in [3.63, 3.8) is 0 Å². The molecule has 32 heavy (non-hydrogen) atoms. The van der Waals surface area contributed by atoms with Crippen molar-refractivity contribution >= 4 is 42.2 Å². The van der Waals surface area contributed by atoms with Crippen molar-refractivity contribution in [2.75, 3.05) is 11.6 Å². The number of amides is 1. The molecule has 0 saturated heterocycles. The van der Waals surface area contributed by atoms with Gasteiger partial charge < -0.3 is 0 Å². The summed E-state index contributed by atoms with van der Waals surface area (Å²) in [6.45, 7) is 3.65. The Balaban J connectivity index is 1.75. The maximum absolute atomic E-state index is 12.8. The lowest BCUT2D eigenvalue weighted by molar-refractivity contribution is 0.102. The second-order valence-electron chi connectivity index (χ2n) is 7.12. The van der Waals surface area contributed by atoms with Gasteiger partial charge in [0.1, 0.15) is 0 Å². The number of sulfonamides is 1. The van der Waals surface area contributed by atoms with Gasteiger partial charge in [-0.05, 0) is 43.2 Å². The highest BCUT2D eigenvalue weighted by atomic mass is 32.2. The fraction of sp³-hybridized carbons (Fsp3) is 0.250. The summed E-state index contributed by atoms with van der Waals surface area (Å²) in [7, 11) is -7.37. The van der Waals surface area contributed by atoms with Crippen LogP contribution in [-0.2, 0) is 19.9 Å². The van der Waals surface area contributed by atoms with Crippen LogP contribution in [-0.4, -0.2) is 39.2 Å². The predicted molar refractivity (Wildman–Crippen MR) is 122 cm³/mol. The van der Waals surface area contributed by atoms with Gasteiger partial charge in [0.15, 0.2) is 9.84 Å². The van der Waals surface area contributed by atoms with Crippen molar-refractivity contribution in [1.29, 1.82) is 0 Å². The molecular formula is C20H22N4O5S3. The molecule has 2 N–H and O–H groups in total. The molecule has 0 saturated carbocycles. The summed E-state index contributed by atoms with van der Waals surface area (Å²) in [6.07, 6.45) is 1.53. The average molecular weight is 495 g/mol. The van der Waals surface area contributed by atoms with Crippen LogP contribution in [0.5, 0.6) is 0 Å². The van der Waals surface area contributed by atoms with Crippen LogP contribution in [0.4, 0.5) is 5.13 Å². The molecule has 1 aromatic heterocycles. The number of hydrogen-bond acceptors (Lipinski definition) is 8. The molecule has 0 aliphatic heterocycles. The number of benzene rings is 2. The SMILES string of the molecule is CC[C@H](NS(=O)(=O)c1nnc(NC(=O)c2cccc(C)c2)s1)c1ccc(S(C)(=O)=O)cc1. The summed E-state index contributed by atoms with van der Waals surface area (Å²) in [5.74, 6) is -0.417. The van der Waals surface area contributed by atoms with Crippen molar-refractivity contribution in [3.05, 3.63) is 65.2 Å². The normalized spacial score (nSPS) is 13.0. The van der Waals surface area contributed by atoms with Crippen LogP contribution in [0.25, 0.3) is 0 Å². The van der Waals surface area contributed by atoms with Crippen molar-refractivity contribution in [3.8, 4) is 0 Å². The number of carbonyl (C=O) groups excluding carboxylic acids is 1. The fourth-order valence-electron chi connectivity index (χ4n) is 2.90. The Morgan fingerprint density at radius 3 is 2.34 bits per heavy atom. The monoisotopic (exact) mass is 494 g/mol. The van der Waals surface area contributed by atoms with E-state index in [-0.39, 0.29) is 14.4 Å². The lowest BCUT2D eigenvalue weighted by Crippen LogP contribution is -2.28. The van der Waals surface area contributed by atoms with Crippen molar-refractivity contribution < 1.29 is 21.6 Å². The topological polar surface area (TPSA) is 135 Å². The van der Waals surface area contributed by atoms with E-state index in [0.717, 1.165) is 23.2 Å². The maximum Gasteiger partial charge on any atom is 0.270 e. The van der Waals surface area contributed by atoms with Gasteiger partial charge in [-0.25, -0.2) is 21.6 Å². The van der Waals surface area contributed by atoms with Gasteiger partial charge in [-0.1, -0.05) is 48.1 Å². The Hall–Kier alpha value is -2.67. The molecule has 0 radical (unpaired) electrons. The van der Waals surface area contributed by atoms with E-state index in [9.17, 15) is 21.6 Å². The van der Waals surface area contributed by atoms with Gasteiger partial charge in [-0.15, -0.1) is 10.2 Å². The molecule has 1 amide bonds. The van der Waals surface area contributed by atoms with Crippen LogP contribution in [0.3, 0.4) is 0 Å². The molecule has 12 heteroatoms. The molecule has 3 aromatic rings. The molecule has 3 rings (SSSR count). The molecule has 0 aliphatic carbocycles. The first kappa shape index (κ1) is 24.0. The largest absolute Gasteiger partial charge is 0.296 e. The molecule has 0 spiro atoms. The van der Waals surface area contributed by atoms with E-state index in [4.69, 9.17) is 0 Å². The Morgan fingerprint density at radius 1 is 1.06 bits per heavy atom. The Labute approximate surface area is 190 Å². The van der Waals surface area contributed by atoms with Gasteiger partial charge >= 0.3 is 0 Å². The lowest BCUT2D eigenvalue weighted by Gasteiger charge is -2.16. The van der Waals surface area contributed by atoms with Crippen LogP contribution >= 0.6 is 11.3 Å². The predicted octanol–water partition coefficient (Wildman–Crippen LogP) is 2.93. The number of rotatable bonds is 8. The Bertz CT molecular complexity index is 1330. The first-order valence-electron chi connectivity index (χ1n) is 9.53. The smallest absolute Gasteiger partial charge is 0.270 e. The minimum Gasteiger partial charge on any atom is -0.296 e. The molecule has 0 unspecified atom stereocenters. The number of aromatic nitrogens is 2. The van der Waals surface area contributed by atoms with Crippen molar-refractivity contribution in [2.45, 2.75) is 35.5 Å². The van der Waals surface area contributed by atoms with E-state index in [0.29, 0.717) is 17.5 Å². The number of hydrogen-bond donors (Lipinski definition) is 2. The summed E-state index contributed by atoms with van der Waals surface area (Å²) < 4.78 is 51.1. The molecule has 170 valence electrons. The highest BCUT2D eigenvalue weighted by Gasteiger charge is 2.25. The Kier molecular flexibility index (Phi) is 7.08. The molecular weight excluding hydrogens is 472 g/mol. The molecule has 1 heterocycles. The minimum absolute atomic E-state index is 0.0578. The third kappa shape index (κ3) is 5.76. The van der Waals surface area contributed by atoms with Gasteiger partial charge in [-0.2, -0.15) is 0 Å². The van der Waals surface area contributed by atoms with E-state index in [1.165, 1.54) is 12.1 Å². The molecule has 0 fully saturated rings. The van der Waals surface area contributed by atoms with Gasteiger partial charge in [0.05, 0.1) is 4.90 Å². The first-order valence-corrected chi connectivity index (χ1v) is 13.7. The van der Waals surface area contributed by atoms with E-state index in [2.05, 4.69) is 20.2 Å². The third-order valence-electron chi connectivity index (χ3n) is 4.55. The average Bonchev–Trinajstić information content (AvgIpc) is 3.21. The van der Waals surface area contributed by atoms with E-state index in [1.807, 2.05) is 13.0 Å². The molecule has 0 aliphatic rings. The zero-order valence-electron chi connectivity index (χ0n) is 17.6. The highest BCUT2D eigenvalue weighted by Crippen LogP contribution is 2.25. The zero-order valence-corrected chi connectivity index (χ0v) is 20.0. The summed E-state index contributed by atoms with van der Waals surface area (Å²) in [4.78, 5) is 12.5. The molecule has 9 nitrogen and oxygen atoms in total. The number of nitrogens with one attached hydrogen (secondary N) is 2. The van der Waals surface area contributed by atoms with Gasteiger partial charge in [-0.3, -0.25) is 10.1 Å². The fourth-order valence-corrected chi connectivity index (χ4v) is 5.75. The third-order valence-corrected chi connectivity index (χ3v) is 8.36. The highest BCUT2D eigenvalue weighted by molar-refractivity contribution is 7.91. The molecule has 2 aromatic carbocycles. The number of anilines is 1. The lowest BCUT2D eigenvalue weighted by atomic mass is 10.1. The summed E-state index contributed by atoms with van der Waals surface area (Å²) in [6, 6.07) is 12.4. The van der Waals surface area contributed by atoms with Crippen molar-refractivity contribution in [2.24, 2.45) is 0 Å². The van der Waals surface area contributed by atoms with Crippen LogP contribution < -0.4 is 10.0 Å². The second kappa shape index (κ2) is 9.45. The number of sulfone groups is 1. The summed E-state index contributed by atoms with van der Waals surface area (Å²) >= 11 is 0.737. The Morgan fingerprint density at radius 2 is 1.75 bits per heavy atom. The summed E-state index contributed by atoms with van der Waals surface area (Å²) in [5, 5.41) is 10.1. The number of aryl methyl sites for hydroxylation is 1. The van der Waals surface area contributed by atoms with Crippen LogP contribution in [0.1, 0.15) is 40.9 Å². The second-order valence-corrected chi connectivity index (χ2v) is 12.0. The van der Waals surface area contributed by atoms with E-state index in [1.54, 1.807) is 37.3 Å². The van der Waals surface area contributed by atoms with E-state index < -0.39 is 31.8 Å². The van der Waals surface area contributed by atoms with Crippen LogP contribution in [0.15, 0.2) is 57.8 Å². The molecule has 1 atom stereocenters. The number of nitrogens with zero attached hydrogens (tertiary/aromatic N) is 2. The maximum atomic E-state index is 12.8. The van der Waals surface area contributed by atoms with Crippen LogP contribution in [0, 0.1) is 6.92 Å². The van der Waals surface area contributed by atoms with E-state index >= 15 is 0 Å². The molecule has 0 bridgehead atoms. The summed E-state index contributed by atoms with van der Waals surface area (Å²) in [5.41, 5.74) is 1.95. The van der Waals surface area contributed by atoms with Crippen LogP contribution in [0.2, 0.25) is 0 Å². The van der Waals surface area contributed by atoms with Crippen molar-refractivity contribution in [1.82, 2.24) is 14.9 Å². The van der Waals surface area contributed by atoms with Gasteiger partial charge in [0.2, 0.25) is 9.47 Å². The first-order chi connectivity index (χ1) is 15.0. The van der Waals surface area contributed by atoms with Gasteiger partial charge in [0, 0.05) is 17.9 Å². The quantitative estimate of drug-likeness (QED) is 0.460. The number of carbonyl (C=O) groups is 1. The van der Waals surface area contributed by atoms with Gasteiger partial charge in [0.25, 0.3) is 15.9 Å². The minimum atomic E-state index is -4.02. The standard InChI is InChI=1S/C20H22N4O5S3/c1-4-17(14-8-10-16(11-9-14)31(3,26)27)24-32(28,29)20-23-22-19(30-20)21-18(25)15-7-5-6-13(2)12-15/h5-12,17,24H,4H2,1-3H3,(H,21,22,25)/t17-/m0/s1.